The largest absolute Gasteiger partial charge is 0.383 e. The maximum absolute atomic E-state index is 12.2. The standard InChI is InChI=1S/C16H14N6O3/c17-15-14(8-13(10-18-15)22(24)25)16(23)19-9-11-6-7-21(20-11)12-4-2-1-3-5-12/h1-8,10H,9H2,(H2,17,18)(H,19,23). The third-order valence-corrected chi connectivity index (χ3v) is 3.45. The van der Waals surface area contributed by atoms with Crippen LogP contribution in [-0.4, -0.2) is 25.6 Å². The quantitative estimate of drug-likeness (QED) is 0.538. The highest BCUT2D eigenvalue weighted by atomic mass is 16.6. The van der Waals surface area contributed by atoms with Gasteiger partial charge in [-0.25, -0.2) is 9.67 Å². The molecule has 9 nitrogen and oxygen atoms in total. The fraction of sp³-hybridized carbons (Fsp3) is 0.0625. The number of benzene rings is 1. The average molecular weight is 338 g/mol. The number of anilines is 1. The van der Waals surface area contributed by atoms with Crippen molar-refractivity contribution in [3.8, 4) is 5.69 Å². The molecule has 2 aromatic heterocycles. The first kappa shape index (κ1) is 16.1. The number of para-hydroxylation sites is 1. The second kappa shape index (κ2) is 6.79. The Hall–Kier alpha value is -3.75. The van der Waals surface area contributed by atoms with E-state index >= 15 is 0 Å². The Balaban J connectivity index is 1.70. The summed E-state index contributed by atoms with van der Waals surface area (Å²) in [6.45, 7) is 0.154. The number of pyridine rings is 1. The minimum Gasteiger partial charge on any atom is -0.383 e. The Labute approximate surface area is 142 Å². The number of amides is 1. The van der Waals surface area contributed by atoms with Crippen molar-refractivity contribution in [1.82, 2.24) is 20.1 Å². The van der Waals surface area contributed by atoms with E-state index in [1.54, 1.807) is 16.9 Å². The summed E-state index contributed by atoms with van der Waals surface area (Å²) in [7, 11) is 0. The average Bonchev–Trinajstić information content (AvgIpc) is 3.09. The number of carbonyl (C=O) groups is 1. The highest BCUT2D eigenvalue weighted by Gasteiger charge is 2.16. The Kier molecular flexibility index (Phi) is 4.38. The topological polar surface area (TPSA) is 129 Å². The van der Waals surface area contributed by atoms with E-state index in [0.29, 0.717) is 5.69 Å². The molecule has 0 atom stereocenters. The Morgan fingerprint density at radius 1 is 1.28 bits per heavy atom. The van der Waals surface area contributed by atoms with Crippen LogP contribution in [0.4, 0.5) is 11.5 Å². The maximum Gasteiger partial charge on any atom is 0.288 e. The van der Waals surface area contributed by atoms with Crippen LogP contribution in [0.3, 0.4) is 0 Å². The third-order valence-electron chi connectivity index (χ3n) is 3.45. The molecule has 0 saturated carbocycles. The summed E-state index contributed by atoms with van der Waals surface area (Å²) in [6.07, 6.45) is 2.79. The molecule has 0 unspecified atom stereocenters. The maximum atomic E-state index is 12.2. The first-order chi connectivity index (χ1) is 12.0. The molecule has 25 heavy (non-hydrogen) atoms. The second-order valence-electron chi connectivity index (χ2n) is 5.15. The third kappa shape index (κ3) is 3.61. The molecule has 2 heterocycles. The zero-order valence-corrected chi connectivity index (χ0v) is 13.0. The number of nitrogens with two attached hydrogens (primary N) is 1. The SMILES string of the molecule is Nc1ncc([N+](=O)[O-])cc1C(=O)NCc1ccn(-c2ccccc2)n1. The molecule has 0 radical (unpaired) electrons. The van der Waals surface area contributed by atoms with E-state index in [-0.39, 0.29) is 23.6 Å². The lowest BCUT2D eigenvalue weighted by Gasteiger charge is -2.05. The predicted octanol–water partition coefficient (Wildman–Crippen LogP) is 1.69. The van der Waals surface area contributed by atoms with Gasteiger partial charge in [0.1, 0.15) is 12.0 Å². The summed E-state index contributed by atoms with van der Waals surface area (Å²) in [4.78, 5) is 26.0. The van der Waals surface area contributed by atoms with Gasteiger partial charge in [-0.2, -0.15) is 5.10 Å². The minimum atomic E-state index is -0.634. The van der Waals surface area contributed by atoms with Gasteiger partial charge >= 0.3 is 0 Å². The summed E-state index contributed by atoms with van der Waals surface area (Å²) >= 11 is 0. The Morgan fingerprint density at radius 2 is 2.04 bits per heavy atom. The summed E-state index contributed by atoms with van der Waals surface area (Å²) in [5.74, 6) is -0.624. The fourth-order valence-corrected chi connectivity index (χ4v) is 2.19. The summed E-state index contributed by atoms with van der Waals surface area (Å²) in [5.41, 5.74) is 6.81. The highest BCUT2D eigenvalue weighted by Crippen LogP contribution is 2.16. The van der Waals surface area contributed by atoms with E-state index in [0.717, 1.165) is 18.0 Å². The van der Waals surface area contributed by atoms with Gasteiger partial charge in [0.25, 0.3) is 11.6 Å². The molecular formula is C16H14N6O3. The smallest absolute Gasteiger partial charge is 0.288 e. The molecule has 3 N–H and O–H groups in total. The van der Waals surface area contributed by atoms with Crippen molar-refractivity contribution < 1.29 is 9.72 Å². The number of aromatic nitrogens is 3. The zero-order valence-electron chi connectivity index (χ0n) is 13.0. The van der Waals surface area contributed by atoms with Crippen LogP contribution < -0.4 is 11.1 Å². The van der Waals surface area contributed by atoms with Crippen LogP contribution in [0.1, 0.15) is 16.1 Å². The van der Waals surface area contributed by atoms with Gasteiger partial charge in [0.2, 0.25) is 0 Å². The molecule has 3 rings (SSSR count). The fourth-order valence-electron chi connectivity index (χ4n) is 2.19. The van der Waals surface area contributed by atoms with Gasteiger partial charge in [0.05, 0.1) is 28.4 Å². The van der Waals surface area contributed by atoms with Crippen LogP contribution in [-0.2, 0) is 6.54 Å². The zero-order chi connectivity index (χ0) is 17.8. The monoisotopic (exact) mass is 338 g/mol. The van der Waals surface area contributed by atoms with Crippen molar-refractivity contribution >= 4 is 17.4 Å². The van der Waals surface area contributed by atoms with E-state index in [4.69, 9.17) is 5.73 Å². The number of nitro groups is 1. The van der Waals surface area contributed by atoms with Crippen molar-refractivity contribution in [3.63, 3.8) is 0 Å². The van der Waals surface area contributed by atoms with Crippen molar-refractivity contribution in [2.24, 2.45) is 0 Å². The predicted molar refractivity (Wildman–Crippen MR) is 90.0 cm³/mol. The number of nitrogens with zero attached hydrogens (tertiary/aromatic N) is 4. The molecule has 126 valence electrons. The second-order valence-corrected chi connectivity index (χ2v) is 5.15. The number of nitrogen functional groups attached to an aromatic ring is 1. The number of nitrogens with one attached hydrogen (secondary N) is 1. The van der Waals surface area contributed by atoms with Crippen molar-refractivity contribution in [1.29, 1.82) is 0 Å². The Bertz CT molecular complexity index is 923. The Morgan fingerprint density at radius 3 is 2.76 bits per heavy atom. The minimum absolute atomic E-state index is 0.0447. The van der Waals surface area contributed by atoms with Crippen LogP contribution >= 0.6 is 0 Å². The normalized spacial score (nSPS) is 10.4. The lowest BCUT2D eigenvalue weighted by molar-refractivity contribution is -0.385. The summed E-state index contributed by atoms with van der Waals surface area (Å²) in [6, 6.07) is 12.4. The van der Waals surface area contributed by atoms with E-state index in [1.807, 2.05) is 30.3 Å². The van der Waals surface area contributed by atoms with Gasteiger partial charge in [0, 0.05) is 12.3 Å². The first-order valence-corrected chi connectivity index (χ1v) is 7.32. The van der Waals surface area contributed by atoms with Gasteiger partial charge in [-0.3, -0.25) is 14.9 Å². The van der Waals surface area contributed by atoms with Crippen molar-refractivity contribution in [3.05, 3.63) is 76.2 Å². The van der Waals surface area contributed by atoms with Crippen LogP contribution in [0, 0.1) is 10.1 Å². The van der Waals surface area contributed by atoms with Gasteiger partial charge in [-0.15, -0.1) is 0 Å². The van der Waals surface area contributed by atoms with Crippen LogP contribution in [0.15, 0.2) is 54.9 Å². The van der Waals surface area contributed by atoms with E-state index < -0.39 is 10.8 Å². The van der Waals surface area contributed by atoms with Crippen LogP contribution in [0.5, 0.6) is 0 Å². The molecule has 0 aliphatic carbocycles. The lowest BCUT2D eigenvalue weighted by atomic mass is 10.2. The number of rotatable bonds is 5. The number of hydrogen-bond donors (Lipinski definition) is 2. The highest BCUT2D eigenvalue weighted by molar-refractivity contribution is 5.98. The molecule has 0 saturated heterocycles. The molecule has 9 heteroatoms. The molecule has 0 aliphatic heterocycles. The molecule has 1 aromatic carbocycles. The van der Waals surface area contributed by atoms with Gasteiger partial charge < -0.3 is 11.1 Å². The van der Waals surface area contributed by atoms with Crippen molar-refractivity contribution in [2.75, 3.05) is 5.73 Å². The van der Waals surface area contributed by atoms with Gasteiger partial charge in [0.15, 0.2) is 0 Å². The number of hydrogen-bond acceptors (Lipinski definition) is 6. The summed E-state index contributed by atoms with van der Waals surface area (Å²) in [5, 5.41) is 17.8. The van der Waals surface area contributed by atoms with Gasteiger partial charge in [-0.05, 0) is 18.2 Å². The molecular weight excluding hydrogens is 324 g/mol. The van der Waals surface area contributed by atoms with Crippen molar-refractivity contribution in [2.45, 2.75) is 6.54 Å². The first-order valence-electron chi connectivity index (χ1n) is 7.32. The lowest BCUT2D eigenvalue weighted by Crippen LogP contribution is -2.24. The molecule has 0 aliphatic rings. The van der Waals surface area contributed by atoms with E-state index in [1.165, 1.54) is 0 Å². The van der Waals surface area contributed by atoms with E-state index in [9.17, 15) is 14.9 Å². The molecule has 3 aromatic rings. The molecule has 0 bridgehead atoms. The van der Waals surface area contributed by atoms with E-state index in [2.05, 4.69) is 15.4 Å². The molecule has 0 spiro atoms. The van der Waals surface area contributed by atoms with Crippen LogP contribution in [0.2, 0.25) is 0 Å². The molecule has 1 amide bonds. The molecule has 0 fully saturated rings. The van der Waals surface area contributed by atoms with Crippen LogP contribution in [0.25, 0.3) is 5.69 Å². The summed E-state index contributed by atoms with van der Waals surface area (Å²) < 4.78 is 1.69. The number of carbonyl (C=O) groups excluding carboxylic acids is 1. The van der Waals surface area contributed by atoms with Gasteiger partial charge in [-0.1, -0.05) is 18.2 Å².